The number of fused-ring (bicyclic) bond motifs is 1. The average Bonchev–Trinajstić information content (AvgIpc) is 2.48. The molecule has 0 saturated heterocycles. The SMILES string of the molecule is O=C(Nc1cccc2c1CCCC2)c1cnccc1Cl. The summed E-state index contributed by atoms with van der Waals surface area (Å²) in [4.78, 5) is 16.2. The number of rotatable bonds is 2. The second-order valence-electron chi connectivity index (χ2n) is 4.96. The predicted molar refractivity (Wildman–Crippen MR) is 80.3 cm³/mol. The van der Waals surface area contributed by atoms with E-state index in [0.29, 0.717) is 10.6 Å². The molecule has 1 aliphatic carbocycles. The summed E-state index contributed by atoms with van der Waals surface area (Å²) < 4.78 is 0. The van der Waals surface area contributed by atoms with Crippen LogP contribution in [0.15, 0.2) is 36.7 Å². The topological polar surface area (TPSA) is 42.0 Å². The summed E-state index contributed by atoms with van der Waals surface area (Å²) in [6, 6.07) is 7.70. The third-order valence-corrected chi connectivity index (χ3v) is 3.99. The van der Waals surface area contributed by atoms with Gasteiger partial charge in [0.05, 0.1) is 10.6 Å². The Bertz CT molecular complexity index is 655. The Kier molecular flexibility index (Phi) is 3.70. The number of nitrogens with zero attached hydrogens (tertiary/aromatic N) is 1. The second-order valence-corrected chi connectivity index (χ2v) is 5.37. The van der Waals surface area contributed by atoms with E-state index < -0.39 is 0 Å². The van der Waals surface area contributed by atoms with Crippen molar-refractivity contribution in [2.45, 2.75) is 25.7 Å². The molecular formula is C16H15ClN2O. The van der Waals surface area contributed by atoms with Gasteiger partial charge in [-0.1, -0.05) is 23.7 Å². The van der Waals surface area contributed by atoms with Crippen LogP contribution in [0.4, 0.5) is 5.69 Å². The number of nitrogens with one attached hydrogen (secondary N) is 1. The number of carbonyl (C=O) groups is 1. The first-order valence-electron chi connectivity index (χ1n) is 6.77. The number of hydrogen-bond acceptors (Lipinski definition) is 2. The van der Waals surface area contributed by atoms with Crippen molar-refractivity contribution in [2.75, 3.05) is 5.32 Å². The molecule has 0 unspecified atom stereocenters. The number of anilines is 1. The van der Waals surface area contributed by atoms with Crippen molar-refractivity contribution in [3.63, 3.8) is 0 Å². The fourth-order valence-electron chi connectivity index (χ4n) is 2.63. The Morgan fingerprint density at radius 3 is 2.90 bits per heavy atom. The molecule has 1 aromatic heterocycles. The lowest BCUT2D eigenvalue weighted by Crippen LogP contribution is -2.16. The first-order chi connectivity index (χ1) is 9.75. The highest BCUT2D eigenvalue weighted by Crippen LogP contribution is 2.28. The zero-order chi connectivity index (χ0) is 13.9. The molecule has 20 heavy (non-hydrogen) atoms. The molecule has 1 aromatic carbocycles. The van der Waals surface area contributed by atoms with Gasteiger partial charge in [-0.3, -0.25) is 9.78 Å². The number of aryl methyl sites for hydroxylation is 1. The maximum atomic E-state index is 12.3. The Hall–Kier alpha value is -1.87. The number of amides is 1. The smallest absolute Gasteiger partial charge is 0.258 e. The summed E-state index contributed by atoms with van der Waals surface area (Å²) in [6.07, 6.45) is 7.57. The van der Waals surface area contributed by atoms with E-state index in [1.165, 1.54) is 30.2 Å². The van der Waals surface area contributed by atoms with Crippen molar-refractivity contribution in [3.05, 3.63) is 58.4 Å². The third kappa shape index (κ3) is 2.54. The second kappa shape index (κ2) is 5.63. The summed E-state index contributed by atoms with van der Waals surface area (Å²) in [5.74, 6) is -0.206. The molecule has 0 bridgehead atoms. The van der Waals surface area contributed by atoms with Crippen LogP contribution < -0.4 is 5.32 Å². The maximum absolute atomic E-state index is 12.3. The number of carbonyl (C=O) groups excluding carboxylic acids is 1. The summed E-state index contributed by atoms with van der Waals surface area (Å²) >= 11 is 6.03. The Morgan fingerprint density at radius 1 is 1.20 bits per heavy atom. The van der Waals surface area contributed by atoms with Gasteiger partial charge in [0.15, 0.2) is 0 Å². The third-order valence-electron chi connectivity index (χ3n) is 3.66. The molecule has 1 aliphatic rings. The van der Waals surface area contributed by atoms with E-state index in [-0.39, 0.29) is 5.91 Å². The molecule has 0 aliphatic heterocycles. The van der Waals surface area contributed by atoms with E-state index >= 15 is 0 Å². The van der Waals surface area contributed by atoms with Gasteiger partial charge in [-0.15, -0.1) is 0 Å². The maximum Gasteiger partial charge on any atom is 0.258 e. The van der Waals surface area contributed by atoms with Crippen LogP contribution in [0.3, 0.4) is 0 Å². The molecule has 102 valence electrons. The molecule has 0 saturated carbocycles. The first-order valence-corrected chi connectivity index (χ1v) is 7.15. The standard InChI is InChI=1S/C16H15ClN2O/c17-14-8-9-18-10-13(14)16(20)19-15-7-3-5-11-4-1-2-6-12(11)15/h3,5,7-10H,1-2,4,6H2,(H,19,20). The summed E-state index contributed by atoms with van der Waals surface area (Å²) in [5, 5.41) is 3.38. The molecular weight excluding hydrogens is 272 g/mol. The Balaban J connectivity index is 1.89. The monoisotopic (exact) mass is 286 g/mol. The minimum atomic E-state index is -0.206. The molecule has 0 atom stereocenters. The van der Waals surface area contributed by atoms with Crippen molar-refractivity contribution in [1.29, 1.82) is 0 Å². The Labute approximate surface area is 123 Å². The number of aromatic nitrogens is 1. The fourth-order valence-corrected chi connectivity index (χ4v) is 2.82. The Morgan fingerprint density at radius 2 is 2.05 bits per heavy atom. The van der Waals surface area contributed by atoms with E-state index in [9.17, 15) is 4.79 Å². The zero-order valence-corrected chi connectivity index (χ0v) is 11.8. The van der Waals surface area contributed by atoms with E-state index in [0.717, 1.165) is 18.5 Å². The first kappa shape index (κ1) is 13.1. The van der Waals surface area contributed by atoms with Crippen molar-refractivity contribution < 1.29 is 4.79 Å². The average molecular weight is 287 g/mol. The van der Waals surface area contributed by atoms with Crippen LogP contribution in [0.2, 0.25) is 5.02 Å². The van der Waals surface area contributed by atoms with E-state index in [2.05, 4.69) is 16.4 Å². The van der Waals surface area contributed by atoms with Gasteiger partial charge in [-0.05, 0) is 48.9 Å². The van der Waals surface area contributed by atoms with E-state index in [1.54, 1.807) is 12.3 Å². The molecule has 4 heteroatoms. The molecule has 0 fully saturated rings. The number of pyridine rings is 1. The van der Waals surface area contributed by atoms with Gasteiger partial charge in [-0.2, -0.15) is 0 Å². The molecule has 0 spiro atoms. The highest BCUT2D eigenvalue weighted by molar-refractivity contribution is 6.34. The molecule has 1 amide bonds. The van der Waals surface area contributed by atoms with Gasteiger partial charge in [-0.25, -0.2) is 0 Å². The largest absolute Gasteiger partial charge is 0.322 e. The quantitative estimate of drug-likeness (QED) is 0.911. The molecule has 2 aromatic rings. The molecule has 3 rings (SSSR count). The van der Waals surface area contributed by atoms with Gasteiger partial charge in [0, 0.05) is 18.1 Å². The zero-order valence-electron chi connectivity index (χ0n) is 11.0. The molecule has 0 radical (unpaired) electrons. The van der Waals surface area contributed by atoms with Gasteiger partial charge in [0.2, 0.25) is 0 Å². The summed E-state index contributed by atoms with van der Waals surface area (Å²) in [6.45, 7) is 0. The molecule has 1 N–H and O–H groups in total. The predicted octanol–water partition coefficient (Wildman–Crippen LogP) is 3.87. The van der Waals surface area contributed by atoms with Crippen LogP contribution in [-0.2, 0) is 12.8 Å². The van der Waals surface area contributed by atoms with Crippen molar-refractivity contribution in [2.24, 2.45) is 0 Å². The van der Waals surface area contributed by atoms with Crippen LogP contribution in [-0.4, -0.2) is 10.9 Å². The minimum Gasteiger partial charge on any atom is -0.322 e. The van der Waals surface area contributed by atoms with Crippen LogP contribution in [0.25, 0.3) is 0 Å². The van der Waals surface area contributed by atoms with Gasteiger partial charge < -0.3 is 5.32 Å². The minimum absolute atomic E-state index is 0.206. The van der Waals surface area contributed by atoms with Crippen LogP contribution >= 0.6 is 11.6 Å². The van der Waals surface area contributed by atoms with Gasteiger partial charge in [0.25, 0.3) is 5.91 Å². The lowest BCUT2D eigenvalue weighted by atomic mass is 9.90. The fraction of sp³-hybridized carbons (Fsp3) is 0.250. The lowest BCUT2D eigenvalue weighted by molar-refractivity contribution is 0.102. The van der Waals surface area contributed by atoms with Crippen molar-refractivity contribution in [1.82, 2.24) is 4.98 Å². The van der Waals surface area contributed by atoms with Crippen LogP contribution in [0, 0.1) is 0 Å². The highest BCUT2D eigenvalue weighted by Gasteiger charge is 2.16. The summed E-state index contributed by atoms with van der Waals surface area (Å²) in [5.41, 5.74) is 3.90. The van der Waals surface area contributed by atoms with Crippen molar-refractivity contribution >= 4 is 23.2 Å². The van der Waals surface area contributed by atoms with Crippen molar-refractivity contribution in [3.8, 4) is 0 Å². The number of hydrogen-bond donors (Lipinski definition) is 1. The highest BCUT2D eigenvalue weighted by atomic mass is 35.5. The normalized spacial score (nSPS) is 13.7. The molecule has 3 nitrogen and oxygen atoms in total. The van der Waals surface area contributed by atoms with Crippen LogP contribution in [0.1, 0.15) is 34.3 Å². The lowest BCUT2D eigenvalue weighted by Gasteiger charge is -2.19. The van der Waals surface area contributed by atoms with Gasteiger partial charge in [0.1, 0.15) is 0 Å². The van der Waals surface area contributed by atoms with E-state index in [1.807, 2.05) is 12.1 Å². The number of halogens is 1. The molecule has 1 heterocycles. The summed E-state index contributed by atoms with van der Waals surface area (Å²) in [7, 11) is 0. The van der Waals surface area contributed by atoms with Gasteiger partial charge >= 0.3 is 0 Å². The van der Waals surface area contributed by atoms with E-state index in [4.69, 9.17) is 11.6 Å². The van der Waals surface area contributed by atoms with Crippen LogP contribution in [0.5, 0.6) is 0 Å². The number of benzene rings is 1.